The maximum atomic E-state index is 5.21. The molecule has 1 saturated carbocycles. The molecule has 108 valence electrons. The standard InChI is InChI=1S/C12H18N6O2/c1-19-5-4-13-6-10-7-18(17-15-10)8-11-14-12(20-16-11)9-2-3-9/h7,9,13H,2-6,8H2,1H3. The third-order valence-corrected chi connectivity index (χ3v) is 3.09. The second-order valence-corrected chi connectivity index (χ2v) is 4.90. The lowest BCUT2D eigenvalue weighted by atomic mass is 10.4. The molecule has 0 amide bonds. The summed E-state index contributed by atoms with van der Waals surface area (Å²) >= 11 is 0. The van der Waals surface area contributed by atoms with Crippen LogP contribution in [-0.4, -0.2) is 45.4 Å². The number of nitrogens with zero attached hydrogens (tertiary/aromatic N) is 5. The summed E-state index contributed by atoms with van der Waals surface area (Å²) in [5.41, 5.74) is 0.881. The molecule has 0 atom stereocenters. The normalized spacial score (nSPS) is 14.8. The van der Waals surface area contributed by atoms with Gasteiger partial charge in [-0.3, -0.25) is 0 Å². The highest BCUT2D eigenvalue weighted by atomic mass is 16.5. The van der Waals surface area contributed by atoms with Crippen LogP contribution in [0.3, 0.4) is 0 Å². The van der Waals surface area contributed by atoms with E-state index in [0.717, 1.165) is 31.0 Å². The minimum absolute atomic E-state index is 0.479. The van der Waals surface area contributed by atoms with Gasteiger partial charge in [0.05, 0.1) is 18.5 Å². The van der Waals surface area contributed by atoms with Gasteiger partial charge in [-0.1, -0.05) is 10.4 Å². The number of ether oxygens (including phenoxy) is 1. The molecule has 2 heterocycles. The van der Waals surface area contributed by atoms with E-state index < -0.39 is 0 Å². The molecule has 20 heavy (non-hydrogen) atoms. The van der Waals surface area contributed by atoms with Crippen LogP contribution < -0.4 is 5.32 Å². The monoisotopic (exact) mass is 278 g/mol. The zero-order valence-electron chi connectivity index (χ0n) is 11.4. The fraction of sp³-hybridized carbons (Fsp3) is 0.667. The van der Waals surface area contributed by atoms with E-state index in [1.807, 2.05) is 6.20 Å². The predicted octanol–water partition coefficient (Wildman–Crippen LogP) is 0.323. The fourth-order valence-corrected chi connectivity index (χ4v) is 1.86. The summed E-state index contributed by atoms with van der Waals surface area (Å²) in [6.45, 7) is 2.63. The van der Waals surface area contributed by atoms with Gasteiger partial charge in [-0.2, -0.15) is 4.98 Å². The molecule has 0 bridgehead atoms. The van der Waals surface area contributed by atoms with E-state index in [9.17, 15) is 0 Å². The topological polar surface area (TPSA) is 90.9 Å². The molecule has 3 rings (SSSR count). The highest BCUT2D eigenvalue weighted by Gasteiger charge is 2.29. The van der Waals surface area contributed by atoms with Gasteiger partial charge < -0.3 is 14.6 Å². The first kappa shape index (κ1) is 13.2. The third-order valence-electron chi connectivity index (χ3n) is 3.09. The molecule has 1 N–H and O–H groups in total. The van der Waals surface area contributed by atoms with Crippen molar-refractivity contribution in [3.63, 3.8) is 0 Å². The Morgan fingerprint density at radius 1 is 1.50 bits per heavy atom. The number of hydrogen-bond acceptors (Lipinski definition) is 7. The van der Waals surface area contributed by atoms with Crippen molar-refractivity contribution in [1.82, 2.24) is 30.5 Å². The summed E-state index contributed by atoms with van der Waals surface area (Å²) in [6, 6.07) is 0. The smallest absolute Gasteiger partial charge is 0.229 e. The fourth-order valence-electron chi connectivity index (χ4n) is 1.86. The average molecular weight is 278 g/mol. The first-order valence-electron chi connectivity index (χ1n) is 6.76. The van der Waals surface area contributed by atoms with Gasteiger partial charge in [-0.15, -0.1) is 5.10 Å². The average Bonchev–Trinajstić information content (AvgIpc) is 3.04. The quantitative estimate of drug-likeness (QED) is 0.695. The van der Waals surface area contributed by atoms with Crippen molar-refractivity contribution in [2.45, 2.75) is 31.8 Å². The van der Waals surface area contributed by atoms with Crippen LogP contribution in [0.2, 0.25) is 0 Å². The van der Waals surface area contributed by atoms with Gasteiger partial charge in [0.1, 0.15) is 6.54 Å². The van der Waals surface area contributed by atoms with E-state index in [2.05, 4.69) is 25.8 Å². The molecular weight excluding hydrogens is 260 g/mol. The maximum absolute atomic E-state index is 5.21. The molecule has 1 aliphatic rings. The van der Waals surface area contributed by atoms with Gasteiger partial charge in [-0.25, -0.2) is 4.68 Å². The second-order valence-electron chi connectivity index (χ2n) is 4.90. The molecule has 0 unspecified atom stereocenters. The van der Waals surface area contributed by atoms with Gasteiger partial charge in [0, 0.05) is 26.1 Å². The number of nitrogens with one attached hydrogen (secondary N) is 1. The Morgan fingerprint density at radius 3 is 3.20 bits per heavy atom. The van der Waals surface area contributed by atoms with Crippen LogP contribution in [0.25, 0.3) is 0 Å². The SMILES string of the molecule is COCCNCc1cn(Cc2noc(C3CC3)n2)nn1. The molecule has 1 aliphatic carbocycles. The number of methoxy groups -OCH3 is 1. The van der Waals surface area contributed by atoms with Gasteiger partial charge in [-0.05, 0) is 12.8 Å². The Morgan fingerprint density at radius 2 is 2.40 bits per heavy atom. The molecule has 0 aromatic carbocycles. The van der Waals surface area contributed by atoms with Crippen LogP contribution in [-0.2, 0) is 17.8 Å². The van der Waals surface area contributed by atoms with Crippen LogP contribution in [0.15, 0.2) is 10.7 Å². The van der Waals surface area contributed by atoms with E-state index in [0.29, 0.717) is 31.4 Å². The number of aromatic nitrogens is 5. The van der Waals surface area contributed by atoms with Crippen molar-refractivity contribution in [2.75, 3.05) is 20.3 Å². The Bertz CT molecular complexity index is 548. The van der Waals surface area contributed by atoms with Crippen LogP contribution in [0.5, 0.6) is 0 Å². The minimum atomic E-state index is 0.479. The van der Waals surface area contributed by atoms with Crippen molar-refractivity contribution in [3.8, 4) is 0 Å². The second kappa shape index (κ2) is 6.10. The van der Waals surface area contributed by atoms with Gasteiger partial charge in [0.25, 0.3) is 0 Å². The maximum Gasteiger partial charge on any atom is 0.229 e. The predicted molar refractivity (Wildman–Crippen MR) is 69.0 cm³/mol. The van der Waals surface area contributed by atoms with E-state index in [1.54, 1.807) is 11.8 Å². The summed E-state index contributed by atoms with van der Waals surface area (Å²) < 4.78 is 11.9. The lowest BCUT2D eigenvalue weighted by Gasteiger charge is -1.99. The van der Waals surface area contributed by atoms with E-state index >= 15 is 0 Å². The Balaban J connectivity index is 1.50. The Kier molecular flexibility index (Phi) is 4.03. The minimum Gasteiger partial charge on any atom is -0.383 e. The summed E-state index contributed by atoms with van der Waals surface area (Å²) in [5.74, 6) is 1.88. The van der Waals surface area contributed by atoms with Crippen molar-refractivity contribution >= 4 is 0 Å². The Labute approximate surface area is 116 Å². The molecule has 1 fully saturated rings. The highest BCUT2D eigenvalue weighted by molar-refractivity contribution is 5.02. The largest absolute Gasteiger partial charge is 0.383 e. The van der Waals surface area contributed by atoms with Crippen LogP contribution in [0.1, 0.15) is 36.2 Å². The van der Waals surface area contributed by atoms with Gasteiger partial charge >= 0.3 is 0 Å². The third kappa shape index (κ3) is 3.40. The molecule has 0 spiro atoms. The zero-order chi connectivity index (χ0) is 13.8. The van der Waals surface area contributed by atoms with Gasteiger partial charge in [0.2, 0.25) is 5.89 Å². The Hall–Kier alpha value is -1.80. The molecular formula is C12H18N6O2. The van der Waals surface area contributed by atoms with E-state index in [1.165, 1.54) is 0 Å². The van der Waals surface area contributed by atoms with E-state index in [-0.39, 0.29) is 0 Å². The summed E-state index contributed by atoms with van der Waals surface area (Å²) in [5, 5.41) is 15.3. The van der Waals surface area contributed by atoms with Crippen molar-refractivity contribution in [2.24, 2.45) is 0 Å². The van der Waals surface area contributed by atoms with Crippen molar-refractivity contribution in [3.05, 3.63) is 23.6 Å². The zero-order valence-corrected chi connectivity index (χ0v) is 11.4. The van der Waals surface area contributed by atoms with Crippen molar-refractivity contribution in [1.29, 1.82) is 0 Å². The summed E-state index contributed by atoms with van der Waals surface area (Å²) in [7, 11) is 1.68. The molecule has 2 aromatic heterocycles. The first-order chi connectivity index (χ1) is 9.85. The van der Waals surface area contributed by atoms with Crippen molar-refractivity contribution < 1.29 is 9.26 Å². The lowest BCUT2D eigenvalue weighted by molar-refractivity contribution is 0.199. The summed E-state index contributed by atoms with van der Waals surface area (Å²) in [6.07, 6.45) is 4.19. The number of hydrogen-bond donors (Lipinski definition) is 1. The van der Waals surface area contributed by atoms with Crippen LogP contribution in [0.4, 0.5) is 0 Å². The van der Waals surface area contributed by atoms with Crippen LogP contribution >= 0.6 is 0 Å². The van der Waals surface area contributed by atoms with E-state index in [4.69, 9.17) is 9.26 Å². The molecule has 8 nitrogen and oxygen atoms in total. The first-order valence-corrected chi connectivity index (χ1v) is 6.76. The molecule has 0 saturated heterocycles. The number of rotatable bonds is 8. The highest BCUT2D eigenvalue weighted by Crippen LogP contribution is 2.38. The van der Waals surface area contributed by atoms with Crippen LogP contribution in [0, 0.1) is 0 Å². The van der Waals surface area contributed by atoms with Gasteiger partial charge in [0.15, 0.2) is 5.82 Å². The summed E-state index contributed by atoms with van der Waals surface area (Å²) in [4.78, 5) is 4.36. The molecule has 2 aromatic rings. The molecule has 8 heteroatoms. The molecule has 0 radical (unpaired) electrons. The molecule has 0 aliphatic heterocycles. The lowest BCUT2D eigenvalue weighted by Crippen LogP contribution is -2.18.